The quantitative estimate of drug-likeness (QED) is 0.789. The lowest BCUT2D eigenvalue weighted by molar-refractivity contribution is -0.144. The van der Waals surface area contributed by atoms with E-state index in [1.54, 1.807) is 25.8 Å². The zero-order chi connectivity index (χ0) is 13.7. The zero-order valence-electron chi connectivity index (χ0n) is 9.84. The van der Waals surface area contributed by atoms with Crippen molar-refractivity contribution < 1.29 is 17.7 Å². The molecule has 0 amide bonds. The van der Waals surface area contributed by atoms with Gasteiger partial charge in [-0.2, -0.15) is 13.2 Å². The fraction of sp³-hybridized carbons (Fsp3) is 0.500. The minimum Gasteiger partial charge on any atom is -0.358 e. The van der Waals surface area contributed by atoms with E-state index in [0.29, 0.717) is 0 Å². The molecule has 0 aliphatic heterocycles. The number of fused-ring (bicyclic) bond motifs is 1. The summed E-state index contributed by atoms with van der Waals surface area (Å²) >= 11 is 0. The van der Waals surface area contributed by atoms with Gasteiger partial charge in [0.05, 0.1) is 0 Å². The van der Waals surface area contributed by atoms with Crippen LogP contribution in [0.4, 0.5) is 13.2 Å². The van der Waals surface area contributed by atoms with Gasteiger partial charge in [0.15, 0.2) is 5.76 Å². The topological polar surface area (TPSA) is 71.8 Å². The molecule has 0 unspecified atom stereocenters. The average Bonchev–Trinajstić information content (AvgIpc) is 2.59. The number of aromatic amines is 1. The molecular formula is C10H10F3N3O2. The Labute approximate surface area is 99.0 Å². The smallest absolute Gasteiger partial charge is 0.358 e. The monoisotopic (exact) mass is 261 g/mol. The van der Waals surface area contributed by atoms with Crippen LogP contribution < -0.4 is 5.56 Å². The SMILES string of the molecule is CC(C)(C)c1onc2nc(C(F)(F)F)[nH]c(=O)c12. The number of rotatable bonds is 0. The van der Waals surface area contributed by atoms with Gasteiger partial charge in [-0.1, -0.05) is 25.9 Å². The third-order valence-electron chi connectivity index (χ3n) is 2.30. The van der Waals surface area contributed by atoms with Gasteiger partial charge in [-0.3, -0.25) is 4.79 Å². The van der Waals surface area contributed by atoms with Crippen LogP contribution in [0.5, 0.6) is 0 Å². The molecule has 2 aromatic rings. The highest BCUT2D eigenvalue weighted by molar-refractivity contribution is 5.76. The van der Waals surface area contributed by atoms with Crippen molar-refractivity contribution in [2.75, 3.05) is 0 Å². The molecule has 98 valence electrons. The highest BCUT2D eigenvalue weighted by atomic mass is 19.4. The number of hydrogen-bond donors (Lipinski definition) is 1. The number of nitrogens with zero attached hydrogens (tertiary/aromatic N) is 2. The molecule has 0 aliphatic carbocycles. The van der Waals surface area contributed by atoms with Crippen LogP contribution in [0, 0.1) is 0 Å². The summed E-state index contributed by atoms with van der Waals surface area (Å²) in [7, 11) is 0. The van der Waals surface area contributed by atoms with Gasteiger partial charge in [0.25, 0.3) is 5.56 Å². The van der Waals surface area contributed by atoms with Crippen LogP contribution in [-0.2, 0) is 11.6 Å². The number of aromatic nitrogens is 3. The largest absolute Gasteiger partial charge is 0.449 e. The molecule has 2 heterocycles. The third-order valence-corrected chi connectivity index (χ3v) is 2.30. The molecule has 0 aromatic carbocycles. The molecule has 2 rings (SSSR count). The van der Waals surface area contributed by atoms with Crippen molar-refractivity contribution in [3.05, 3.63) is 21.9 Å². The predicted octanol–water partition coefficient (Wildman–Crippen LogP) is 2.23. The Morgan fingerprint density at radius 3 is 2.33 bits per heavy atom. The lowest BCUT2D eigenvalue weighted by Gasteiger charge is -2.13. The third kappa shape index (κ3) is 1.98. The summed E-state index contributed by atoms with van der Waals surface area (Å²) in [6, 6.07) is 0. The Morgan fingerprint density at radius 2 is 1.83 bits per heavy atom. The van der Waals surface area contributed by atoms with Crippen molar-refractivity contribution in [2.24, 2.45) is 0 Å². The zero-order valence-corrected chi connectivity index (χ0v) is 9.84. The lowest BCUT2D eigenvalue weighted by Crippen LogP contribution is -2.21. The summed E-state index contributed by atoms with van der Waals surface area (Å²) in [4.78, 5) is 16.6. The first kappa shape index (κ1) is 12.6. The van der Waals surface area contributed by atoms with Gasteiger partial charge in [0, 0.05) is 5.41 Å². The van der Waals surface area contributed by atoms with Crippen LogP contribution in [-0.4, -0.2) is 15.1 Å². The molecule has 0 fully saturated rings. The Bertz CT molecular complexity index is 649. The Hall–Kier alpha value is -1.86. The first-order valence-electron chi connectivity index (χ1n) is 5.08. The van der Waals surface area contributed by atoms with E-state index in [0.717, 1.165) is 0 Å². The van der Waals surface area contributed by atoms with Gasteiger partial charge in [0.2, 0.25) is 11.5 Å². The van der Waals surface area contributed by atoms with E-state index in [4.69, 9.17) is 4.52 Å². The summed E-state index contributed by atoms with van der Waals surface area (Å²) in [5.74, 6) is -1.17. The van der Waals surface area contributed by atoms with Crippen LogP contribution in [0.2, 0.25) is 0 Å². The van der Waals surface area contributed by atoms with Crippen LogP contribution in [0.1, 0.15) is 32.4 Å². The minimum atomic E-state index is -4.73. The van der Waals surface area contributed by atoms with E-state index in [9.17, 15) is 18.0 Å². The molecule has 0 radical (unpaired) electrons. The maximum atomic E-state index is 12.4. The first-order chi connectivity index (χ1) is 8.10. The van der Waals surface area contributed by atoms with Gasteiger partial charge in [0.1, 0.15) is 5.39 Å². The molecule has 2 aromatic heterocycles. The lowest BCUT2D eigenvalue weighted by atomic mass is 9.92. The van der Waals surface area contributed by atoms with E-state index < -0.39 is 23.0 Å². The molecule has 0 saturated heterocycles. The van der Waals surface area contributed by atoms with Crippen molar-refractivity contribution in [3.8, 4) is 0 Å². The number of H-pyrrole nitrogens is 1. The molecule has 8 heteroatoms. The Kier molecular flexibility index (Phi) is 2.49. The number of halogens is 3. The van der Waals surface area contributed by atoms with Crippen LogP contribution in [0.25, 0.3) is 11.0 Å². The second kappa shape index (κ2) is 3.56. The van der Waals surface area contributed by atoms with E-state index in [1.807, 2.05) is 0 Å². The summed E-state index contributed by atoms with van der Waals surface area (Å²) < 4.78 is 42.3. The molecule has 0 atom stereocenters. The Morgan fingerprint density at radius 1 is 1.22 bits per heavy atom. The van der Waals surface area contributed by atoms with Gasteiger partial charge < -0.3 is 9.51 Å². The molecule has 0 saturated carbocycles. The fourth-order valence-corrected chi connectivity index (χ4v) is 1.51. The van der Waals surface area contributed by atoms with Crippen LogP contribution >= 0.6 is 0 Å². The normalized spacial score (nSPS) is 13.2. The van der Waals surface area contributed by atoms with E-state index in [2.05, 4.69) is 10.1 Å². The predicted molar refractivity (Wildman–Crippen MR) is 56.1 cm³/mol. The first-order valence-corrected chi connectivity index (χ1v) is 5.08. The summed E-state index contributed by atoms with van der Waals surface area (Å²) in [6.45, 7) is 5.26. The van der Waals surface area contributed by atoms with Crippen LogP contribution in [0.3, 0.4) is 0 Å². The van der Waals surface area contributed by atoms with Crippen molar-refractivity contribution in [3.63, 3.8) is 0 Å². The maximum absolute atomic E-state index is 12.4. The van der Waals surface area contributed by atoms with Gasteiger partial charge in [-0.25, -0.2) is 4.98 Å². The Balaban J connectivity index is 2.77. The van der Waals surface area contributed by atoms with Gasteiger partial charge in [-0.05, 0) is 0 Å². The van der Waals surface area contributed by atoms with Gasteiger partial charge >= 0.3 is 6.18 Å². The maximum Gasteiger partial charge on any atom is 0.449 e. The molecular weight excluding hydrogens is 251 g/mol. The van der Waals surface area contributed by atoms with Crippen molar-refractivity contribution in [1.29, 1.82) is 0 Å². The van der Waals surface area contributed by atoms with Gasteiger partial charge in [-0.15, -0.1) is 0 Å². The second-order valence-electron chi connectivity index (χ2n) is 4.87. The van der Waals surface area contributed by atoms with Crippen molar-refractivity contribution in [2.45, 2.75) is 32.4 Å². The summed E-state index contributed by atoms with van der Waals surface area (Å²) in [5.41, 5.74) is -1.79. The second-order valence-corrected chi connectivity index (χ2v) is 4.87. The summed E-state index contributed by atoms with van der Waals surface area (Å²) in [5, 5.41) is 3.37. The highest BCUT2D eigenvalue weighted by Gasteiger charge is 2.36. The molecule has 1 N–H and O–H groups in total. The number of hydrogen-bond acceptors (Lipinski definition) is 4. The van der Waals surface area contributed by atoms with Crippen molar-refractivity contribution in [1.82, 2.24) is 15.1 Å². The van der Waals surface area contributed by atoms with E-state index in [1.165, 1.54) is 0 Å². The number of alkyl halides is 3. The number of nitrogens with one attached hydrogen (secondary N) is 1. The standard InChI is InChI=1S/C10H10F3N3O2/c1-9(2,3)5-4-6(16-18-5)14-8(10(11,12)13)15-7(4)17/h1-3H3,(H,14,15,16,17). The molecule has 0 spiro atoms. The molecule has 0 aliphatic rings. The van der Waals surface area contributed by atoms with Crippen LogP contribution in [0.15, 0.2) is 9.32 Å². The fourth-order valence-electron chi connectivity index (χ4n) is 1.51. The van der Waals surface area contributed by atoms with E-state index in [-0.39, 0.29) is 16.8 Å². The minimum absolute atomic E-state index is 0.0458. The molecule has 18 heavy (non-hydrogen) atoms. The summed E-state index contributed by atoms with van der Waals surface area (Å²) in [6.07, 6.45) is -4.73. The molecule has 5 nitrogen and oxygen atoms in total. The highest BCUT2D eigenvalue weighted by Crippen LogP contribution is 2.29. The van der Waals surface area contributed by atoms with E-state index >= 15 is 0 Å². The molecule has 0 bridgehead atoms. The van der Waals surface area contributed by atoms with Crippen molar-refractivity contribution >= 4 is 11.0 Å². The average molecular weight is 261 g/mol.